The number of aliphatic imine (C=N–C) groups is 2. The Bertz CT molecular complexity index is 1600. The maximum absolute atomic E-state index is 8.49. The molecule has 5 aromatic rings. The average Bonchev–Trinajstić information content (AvgIpc) is 3.72. The Balaban J connectivity index is 0.000000537. The molecule has 9 nitrogen and oxygen atoms in total. The van der Waals surface area contributed by atoms with Gasteiger partial charge in [0.05, 0.1) is 11.1 Å². The smallest absolute Gasteiger partial charge is 1.00 e. The normalized spacial score (nSPS) is 17.6. The summed E-state index contributed by atoms with van der Waals surface area (Å²) in [5, 5.41) is 2.04. The van der Waals surface area contributed by atoms with Crippen LogP contribution in [0, 0.1) is 10.2 Å². The molecule has 0 radical (unpaired) electrons. The quantitative estimate of drug-likeness (QED) is 0.167. The average molecular weight is 750 g/mol. The molecule has 0 spiro atoms. The first-order chi connectivity index (χ1) is 19.3. The molecule has 7 rings (SSSR count). The SMILES string of the molecule is [I-].[O-][Cl+3]([O-])([O-])[O-].[Zn+2].c1ccc([C@@H]2COC(c3cccc4c3oc3c(C5=N[C@H](c6ccccc6)CO5)cccc34)=N2)cc1. The van der Waals surface area contributed by atoms with Crippen molar-refractivity contribution >= 4 is 33.7 Å². The number of hydrogen-bond acceptors (Lipinski definition) is 9. The summed E-state index contributed by atoms with van der Waals surface area (Å²) in [6, 6.07) is 32.6. The van der Waals surface area contributed by atoms with Gasteiger partial charge in [0.1, 0.15) is 36.5 Å². The number of furan rings is 1. The second-order valence-electron chi connectivity index (χ2n) is 9.19. The van der Waals surface area contributed by atoms with Crippen LogP contribution >= 0.6 is 0 Å². The molecule has 12 heteroatoms. The van der Waals surface area contributed by atoms with Crippen molar-refractivity contribution in [3.05, 3.63) is 119 Å². The summed E-state index contributed by atoms with van der Waals surface area (Å²) in [4.78, 5) is 9.76. The van der Waals surface area contributed by atoms with Gasteiger partial charge in [0.25, 0.3) is 0 Å². The van der Waals surface area contributed by atoms with E-state index < -0.39 is 10.2 Å². The molecule has 2 atom stereocenters. The Morgan fingerprint density at radius 3 is 1.33 bits per heavy atom. The number of hydrogen-bond donors (Lipinski definition) is 0. The zero-order chi connectivity index (χ0) is 27.7. The Hall–Kier alpha value is -2.90. The van der Waals surface area contributed by atoms with Gasteiger partial charge in [0.2, 0.25) is 11.8 Å². The molecule has 0 aliphatic carbocycles. The molecule has 0 amide bonds. The summed E-state index contributed by atoms with van der Waals surface area (Å²) in [7, 11) is -4.94. The molecule has 3 heterocycles. The van der Waals surface area contributed by atoms with Crippen LogP contribution in [0.4, 0.5) is 0 Å². The number of fused-ring (bicyclic) bond motifs is 3. The van der Waals surface area contributed by atoms with Crippen LogP contribution in [-0.2, 0) is 29.0 Å². The van der Waals surface area contributed by atoms with Gasteiger partial charge < -0.3 is 37.9 Å². The standard InChI is InChI=1S/C30H22N2O3.ClHO4.HI.Zn/c1-3-9-19(10-4-1)25-17-33-29(31-25)23-15-7-13-21-22-14-8-16-24(28(22)35-27(21)23)30-32-26(18-34-30)20-11-5-2-6-12-20;2-1(3,4)5;;/h1-16,25-26H,17-18H2;(H,2,3,4,5);1H;/q;;;+2/p-2/t25-,26-;;;/m0.../s1. The molecule has 0 saturated heterocycles. The Morgan fingerprint density at radius 2 is 0.952 bits per heavy atom. The summed E-state index contributed by atoms with van der Waals surface area (Å²) in [6.07, 6.45) is 0. The van der Waals surface area contributed by atoms with Crippen LogP contribution in [0.3, 0.4) is 0 Å². The van der Waals surface area contributed by atoms with E-state index >= 15 is 0 Å². The molecule has 0 fully saturated rings. The molecule has 0 saturated carbocycles. The number of benzene rings is 4. The molecule has 0 unspecified atom stereocenters. The number of nitrogens with zero attached hydrogens (tertiary/aromatic N) is 2. The minimum absolute atomic E-state index is 0. The van der Waals surface area contributed by atoms with Crippen molar-refractivity contribution in [3.8, 4) is 0 Å². The van der Waals surface area contributed by atoms with E-state index in [-0.39, 0.29) is 55.5 Å². The second kappa shape index (κ2) is 13.6. The molecular formula is C30H22ClIN2O7Zn. The van der Waals surface area contributed by atoms with Crippen LogP contribution in [0.5, 0.6) is 0 Å². The summed E-state index contributed by atoms with van der Waals surface area (Å²) in [5.41, 5.74) is 5.54. The van der Waals surface area contributed by atoms with Gasteiger partial charge in [-0.1, -0.05) is 84.9 Å². The molecule has 210 valence electrons. The molecule has 0 bridgehead atoms. The van der Waals surface area contributed by atoms with E-state index in [1.165, 1.54) is 0 Å². The van der Waals surface area contributed by atoms with Gasteiger partial charge in [-0.25, -0.2) is 28.6 Å². The monoisotopic (exact) mass is 748 g/mol. The minimum Gasteiger partial charge on any atom is -1.00 e. The van der Waals surface area contributed by atoms with E-state index in [0.29, 0.717) is 25.0 Å². The van der Waals surface area contributed by atoms with Crippen molar-refractivity contribution in [2.45, 2.75) is 12.1 Å². The van der Waals surface area contributed by atoms with Crippen LogP contribution in [0.1, 0.15) is 34.3 Å². The fourth-order valence-electron chi connectivity index (χ4n) is 4.89. The zero-order valence-corrected chi connectivity index (χ0v) is 27.9. The molecule has 1 aromatic heterocycles. The van der Waals surface area contributed by atoms with E-state index in [9.17, 15) is 0 Å². The Morgan fingerprint density at radius 1 is 0.571 bits per heavy atom. The predicted molar refractivity (Wildman–Crippen MR) is 137 cm³/mol. The third-order valence-electron chi connectivity index (χ3n) is 6.66. The summed E-state index contributed by atoms with van der Waals surface area (Å²) in [6.45, 7) is 1.04. The van der Waals surface area contributed by atoms with Crippen molar-refractivity contribution in [2.24, 2.45) is 9.98 Å². The van der Waals surface area contributed by atoms with Crippen LogP contribution in [0.15, 0.2) is 111 Å². The van der Waals surface area contributed by atoms with Gasteiger partial charge in [-0.3, -0.25) is 0 Å². The van der Waals surface area contributed by atoms with Crippen LogP contribution in [0.25, 0.3) is 21.9 Å². The molecular weight excluding hydrogens is 728 g/mol. The first-order valence-electron chi connectivity index (χ1n) is 12.4. The van der Waals surface area contributed by atoms with Gasteiger partial charge in [-0.05, 0) is 23.3 Å². The number of halogens is 2. The van der Waals surface area contributed by atoms with E-state index in [1.54, 1.807) is 0 Å². The summed E-state index contributed by atoms with van der Waals surface area (Å²) < 4.78 is 52.6. The predicted octanol–water partition coefficient (Wildman–Crippen LogP) is -1.13. The van der Waals surface area contributed by atoms with Crippen molar-refractivity contribution in [1.29, 1.82) is 0 Å². The summed E-state index contributed by atoms with van der Waals surface area (Å²) in [5.74, 6) is 1.23. The van der Waals surface area contributed by atoms with E-state index in [1.807, 2.05) is 60.7 Å². The Kier molecular flexibility index (Phi) is 10.4. The number of ether oxygens (including phenoxy) is 2. The molecule has 42 heavy (non-hydrogen) atoms. The van der Waals surface area contributed by atoms with Gasteiger partial charge in [0, 0.05) is 10.8 Å². The molecule has 2 aliphatic rings. The van der Waals surface area contributed by atoms with Crippen LogP contribution in [-0.4, -0.2) is 25.0 Å². The van der Waals surface area contributed by atoms with Crippen molar-refractivity contribution in [1.82, 2.24) is 0 Å². The maximum Gasteiger partial charge on any atom is 2.00 e. The van der Waals surface area contributed by atoms with Crippen LogP contribution in [0.2, 0.25) is 0 Å². The maximum atomic E-state index is 8.49. The van der Waals surface area contributed by atoms with Gasteiger partial charge in [0.15, 0.2) is 0 Å². The van der Waals surface area contributed by atoms with E-state index in [4.69, 9.17) is 42.5 Å². The first kappa shape index (κ1) is 32.0. The topological polar surface area (TPSA) is 149 Å². The van der Waals surface area contributed by atoms with E-state index in [0.717, 1.165) is 44.2 Å². The van der Waals surface area contributed by atoms with E-state index in [2.05, 4.69) is 36.4 Å². The van der Waals surface area contributed by atoms with Gasteiger partial charge in [-0.2, -0.15) is 0 Å². The van der Waals surface area contributed by atoms with Crippen molar-refractivity contribution < 1.29 is 86.2 Å². The van der Waals surface area contributed by atoms with Gasteiger partial charge in [-0.15, -0.1) is 10.2 Å². The molecule has 2 aliphatic heterocycles. The largest absolute Gasteiger partial charge is 2.00 e. The number of para-hydroxylation sites is 2. The number of rotatable bonds is 4. The fraction of sp³-hybridized carbons (Fsp3) is 0.133. The van der Waals surface area contributed by atoms with Crippen molar-refractivity contribution in [3.63, 3.8) is 0 Å². The third-order valence-corrected chi connectivity index (χ3v) is 6.66. The van der Waals surface area contributed by atoms with Crippen LogP contribution < -0.4 is 42.6 Å². The molecule has 0 N–H and O–H groups in total. The minimum atomic E-state index is -4.94. The summed E-state index contributed by atoms with van der Waals surface area (Å²) >= 11 is 0. The van der Waals surface area contributed by atoms with Crippen molar-refractivity contribution in [2.75, 3.05) is 13.2 Å². The fourth-order valence-corrected chi connectivity index (χ4v) is 4.89. The second-order valence-corrected chi connectivity index (χ2v) is 9.94. The molecule has 4 aromatic carbocycles. The zero-order valence-electron chi connectivity index (χ0n) is 22.0. The third kappa shape index (κ3) is 7.00. The first-order valence-corrected chi connectivity index (χ1v) is 13.7. The van der Waals surface area contributed by atoms with Gasteiger partial charge >= 0.3 is 19.5 Å². The Labute approximate surface area is 273 Å².